The average Bonchev–Trinajstić information content (AvgIpc) is 2.73. The predicted octanol–water partition coefficient (Wildman–Crippen LogP) is -2.08. The number of phosphoric ester groups is 1. The van der Waals surface area contributed by atoms with Crippen molar-refractivity contribution in [1.29, 1.82) is 0 Å². The topological polar surface area (TPSA) is 171 Å². The Morgan fingerprint density at radius 3 is 2.73 bits per heavy atom. The maximum atomic E-state index is 11.7. The molecule has 22 heavy (non-hydrogen) atoms. The van der Waals surface area contributed by atoms with Crippen molar-refractivity contribution in [2.45, 2.75) is 38.1 Å². The minimum Gasteiger partial charge on any atom is -0.390 e. The van der Waals surface area contributed by atoms with Crippen molar-refractivity contribution in [3.63, 3.8) is 0 Å². The molecule has 1 saturated heterocycles. The second kappa shape index (κ2) is 6.05. The lowest BCUT2D eigenvalue weighted by molar-refractivity contribution is -0.161. The van der Waals surface area contributed by atoms with Crippen LogP contribution < -0.4 is 11.2 Å². The van der Waals surface area contributed by atoms with E-state index in [2.05, 4.69) is 9.51 Å². The number of aliphatic hydroxyl groups is 2. The maximum Gasteiger partial charge on any atom is 0.472 e. The molecule has 0 bridgehead atoms. The van der Waals surface area contributed by atoms with Crippen molar-refractivity contribution in [2.24, 2.45) is 0 Å². The first-order chi connectivity index (χ1) is 10.1. The summed E-state index contributed by atoms with van der Waals surface area (Å²) in [5, 5.41) is 19.3. The molecule has 1 fully saturated rings. The van der Waals surface area contributed by atoms with E-state index < -0.39 is 43.8 Å². The van der Waals surface area contributed by atoms with Crippen molar-refractivity contribution in [2.75, 3.05) is 0 Å². The van der Waals surface area contributed by atoms with Crippen molar-refractivity contribution in [3.8, 4) is 0 Å². The molecular weight excluding hydrogens is 323 g/mol. The number of aryl methyl sites for hydroxylation is 1. The first kappa shape index (κ1) is 17.0. The highest BCUT2D eigenvalue weighted by Crippen LogP contribution is 2.40. The molecular formula is C10H15N2O9P. The first-order valence-corrected chi connectivity index (χ1v) is 7.69. The Labute approximate surface area is 123 Å². The number of aliphatic hydroxyl groups excluding tert-OH is 2. The van der Waals surface area contributed by atoms with Gasteiger partial charge in [-0.15, -0.1) is 0 Å². The Kier molecular flexibility index (Phi) is 4.68. The first-order valence-electron chi connectivity index (χ1n) is 6.16. The second-order valence-electron chi connectivity index (χ2n) is 4.82. The number of aromatic nitrogens is 2. The largest absolute Gasteiger partial charge is 0.472 e. The van der Waals surface area contributed by atoms with E-state index in [4.69, 9.17) is 14.5 Å². The number of nitrogens with one attached hydrogen (secondary N) is 1. The van der Waals surface area contributed by atoms with Crippen molar-refractivity contribution >= 4 is 7.82 Å². The zero-order valence-corrected chi connectivity index (χ0v) is 12.2. The number of H-pyrrole nitrogens is 1. The maximum absolute atomic E-state index is 11.7. The van der Waals surface area contributed by atoms with Gasteiger partial charge in [-0.3, -0.25) is 18.9 Å². The van der Waals surface area contributed by atoms with Gasteiger partial charge in [-0.25, -0.2) is 9.36 Å². The lowest BCUT2D eigenvalue weighted by Crippen LogP contribution is -2.36. The van der Waals surface area contributed by atoms with E-state index in [1.54, 1.807) is 0 Å². The molecule has 0 spiro atoms. The van der Waals surface area contributed by atoms with E-state index >= 15 is 0 Å². The average molecular weight is 338 g/mol. The highest BCUT2D eigenvalue weighted by Gasteiger charge is 2.42. The van der Waals surface area contributed by atoms with Gasteiger partial charge >= 0.3 is 13.5 Å². The van der Waals surface area contributed by atoms with E-state index in [1.165, 1.54) is 13.1 Å². The fraction of sp³-hybridized carbons (Fsp3) is 0.600. The van der Waals surface area contributed by atoms with Crippen LogP contribution in [0.15, 0.2) is 15.8 Å². The third-order valence-corrected chi connectivity index (χ3v) is 3.61. The summed E-state index contributed by atoms with van der Waals surface area (Å²) in [6.07, 6.45) is -4.82. The van der Waals surface area contributed by atoms with Gasteiger partial charge in [0.25, 0.3) is 5.56 Å². The molecule has 2 rings (SSSR count). The summed E-state index contributed by atoms with van der Waals surface area (Å²) in [5.41, 5.74) is -1.12. The Morgan fingerprint density at radius 1 is 1.50 bits per heavy atom. The van der Waals surface area contributed by atoms with Gasteiger partial charge in [0.05, 0.1) is 6.10 Å². The molecule has 5 N–H and O–H groups in total. The van der Waals surface area contributed by atoms with Gasteiger partial charge in [0.1, 0.15) is 12.3 Å². The summed E-state index contributed by atoms with van der Waals surface area (Å²) in [6.45, 7) is 1.46. The molecule has 12 heteroatoms. The fourth-order valence-corrected chi connectivity index (χ4v) is 2.51. The summed E-state index contributed by atoms with van der Waals surface area (Å²) in [4.78, 5) is 42.3. The molecule has 11 nitrogen and oxygen atoms in total. The molecule has 2 heterocycles. The fourth-order valence-electron chi connectivity index (χ4n) is 2.11. The summed E-state index contributed by atoms with van der Waals surface area (Å²) < 4.78 is 20.9. The number of rotatable bonds is 4. The predicted molar refractivity (Wildman–Crippen MR) is 69.7 cm³/mol. The molecule has 1 aliphatic rings. The van der Waals surface area contributed by atoms with E-state index in [-0.39, 0.29) is 12.0 Å². The summed E-state index contributed by atoms with van der Waals surface area (Å²) in [6, 6.07) is 0. The Balaban J connectivity index is 2.21. The minimum absolute atomic E-state index is 0.141. The number of ether oxygens (including phenoxy) is 1. The summed E-state index contributed by atoms with van der Waals surface area (Å²) >= 11 is 0. The Morgan fingerprint density at radius 2 is 2.14 bits per heavy atom. The standard InChI is InChI=1S/C10H15N2O9P/c1-4-3-12(10(16)11-8(4)14)6-2-5(13)7(20-6)9(15)21-22(17,18)19/h3,5-7,9,13,15H,2H2,1H3,(H,11,14,16)(H2,17,18,19)/t5-,6+,7-,9?/m0/s1. The van der Waals surface area contributed by atoms with Crippen molar-refractivity contribution in [3.05, 3.63) is 32.6 Å². The Bertz CT molecular complexity index is 707. The van der Waals surface area contributed by atoms with E-state index in [0.29, 0.717) is 0 Å². The number of aromatic amines is 1. The molecule has 0 aliphatic carbocycles. The van der Waals surface area contributed by atoms with E-state index in [9.17, 15) is 24.4 Å². The van der Waals surface area contributed by atoms with Gasteiger partial charge < -0.3 is 24.7 Å². The van der Waals surface area contributed by atoms with Gasteiger partial charge in [0.15, 0.2) is 6.29 Å². The van der Waals surface area contributed by atoms with Crippen LogP contribution >= 0.6 is 7.82 Å². The van der Waals surface area contributed by atoms with Crippen LogP contribution in [-0.4, -0.2) is 48.0 Å². The molecule has 4 atom stereocenters. The molecule has 0 saturated carbocycles. The van der Waals surface area contributed by atoms with Crippen LogP contribution in [0.2, 0.25) is 0 Å². The van der Waals surface area contributed by atoms with E-state index in [0.717, 1.165) is 4.57 Å². The molecule has 1 aromatic rings. The third kappa shape index (κ3) is 3.70. The molecule has 0 radical (unpaired) electrons. The number of hydrogen-bond donors (Lipinski definition) is 5. The normalized spacial score (nSPS) is 27.0. The molecule has 1 aliphatic heterocycles. The highest BCUT2D eigenvalue weighted by molar-refractivity contribution is 7.46. The highest BCUT2D eigenvalue weighted by atomic mass is 31.2. The quantitative estimate of drug-likeness (QED) is 0.305. The zero-order chi connectivity index (χ0) is 16.7. The monoisotopic (exact) mass is 338 g/mol. The van der Waals surface area contributed by atoms with Crippen LogP contribution in [0.4, 0.5) is 0 Å². The Hall–Kier alpha value is -1.33. The van der Waals surface area contributed by atoms with Gasteiger partial charge in [-0.2, -0.15) is 0 Å². The summed E-state index contributed by atoms with van der Waals surface area (Å²) in [5.74, 6) is 0. The smallest absolute Gasteiger partial charge is 0.390 e. The van der Waals surface area contributed by atoms with Crippen LogP contribution in [-0.2, 0) is 13.8 Å². The van der Waals surface area contributed by atoms with Crippen molar-refractivity contribution < 1.29 is 33.8 Å². The molecule has 0 amide bonds. The molecule has 1 unspecified atom stereocenters. The lowest BCUT2D eigenvalue weighted by Gasteiger charge is -2.21. The second-order valence-corrected chi connectivity index (χ2v) is 6.02. The summed E-state index contributed by atoms with van der Waals surface area (Å²) in [7, 11) is -4.97. The van der Waals surface area contributed by atoms with Gasteiger partial charge in [-0.1, -0.05) is 0 Å². The van der Waals surface area contributed by atoms with Crippen LogP contribution in [0.3, 0.4) is 0 Å². The number of phosphoric acid groups is 1. The SMILES string of the molecule is Cc1cn([C@H]2C[C@H](O)[C@@H](C(O)OP(=O)(O)O)O2)c(=O)[nH]c1=O. The minimum atomic E-state index is -4.97. The number of nitrogens with zero attached hydrogens (tertiary/aromatic N) is 1. The zero-order valence-electron chi connectivity index (χ0n) is 11.3. The van der Waals surface area contributed by atoms with Crippen LogP contribution in [0.25, 0.3) is 0 Å². The van der Waals surface area contributed by atoms with Crippen LogP contribution in [0.1, 0.15) is 18.2 Å². The van der Waals surface area contributed by atoms with Gasteiger partial charge in [-0.05, 0) is 6.92 Å². The molecule has 0 aromatic carbocycles. The van der Waals surface area contributed by atoms with E-state index in [1.807, 2.05) is 0 Å². The number of hydrogen-bond acceptors (Lipinski definition) is 7. The lowest BCUT2D eigenvalue weighted by atomic mass is 10.2. The third-order valence-electron chi connectivity index (χ3n) is 3.12. The van der Waals surface area contributed by atoms with Gasteiger partial charge in [0, 0.05) is 18.2 Å². The van der Waals surface area contributed by atoms with Crippen LogP contribution in [0, 0.1) is 6.92 Å². The molecule has 1 aromatic heterocycles. The van der Waals surface area contributed by atoms with Crippen LogP contribution in [0.5, 0.6) is 0 Å². The van der Waals surface area contributed by atoms with Crippen molar-refractivity contribution in [1.82, 2.24) is 9.55 Å². The molecule has 124 valence electrons. The van der Waals surface area contributed by atoms with Gasteiger partial charge in [0.2, 0.25) is 0 Å².